The van der Waals surface area contributed by atoms with Gasteiger partial charge in [-0.25, -0.2) is 8.42 Å². The number of fused-ring (bicyclic) bond motifs is 1. The van der Waals surface area contributed by atoms with Crippen LogP contribution in [-0.4, -0.2) is 58.5 Å². The second-order valence-electron chi connectivity index (χ2n) is 11.4. The van der Waals surface area contributed by atoms with Gasteiger partial charge in [-0.15, -0.1) is 11.8 Å². The van der Waals surface area contributed by atoms with Gasteiger partial charge in [0.25, 0.3) is 5.91 Å². The maximum Gasteiger partial charge on any atom is 0.258 e. The minimum atomic E-state index is -3.73. The van der Waals surface area contributed by atoms with Crippen LogP contribution in [0.25, 0.3) is 0 Å². The highest BCUT2D eigenvalue weighted by Crippen LogP contribution is 2.47. The summed E-state index contributed by atoms with van der Waals surface area (Å²) in [5.74, 6) is -0.576. The minimum absolute atomic E-state index is 0.0298. The number of benzene rings is 3. The number of nitrogens with one attached hydrogen (secondary N) is 2. The summed E-state index contributed by atoms with van der Waals surface area (Å²) in [4.78, 5) is 29.0. The predicted octanol–water partition coefficient (Wildman–Crippen LogP) is 5.23. The largest absolute Gasteiger partial charge is 0.483 e. The van der Waals surface area contributed by atoms with Gasteiger partial charge >= 0.3 is 0 Å². The minimum Gasteiger partial charge on any atom is -0.483 e. The molecule has 0 aliphatic carbocycles. The van der Waals surface area contributed by atoms with Gasteiger partial charge in [-0.2, -0.15) is 0 Å². The van der Waals surface area contributed by atoms with Crippen LogP contribution in [0.4, 0.5) is 11.4 Å². The molecule has 45 heavy (non-hydrogen) atoms. The molecule has 242 valence electrons. The van der Waals surface area contributed by atoms with E-state index in [1.165, 1.54) is 11.8 Å². The Labute approximate surface area is 271 Å². The number of para-hydroxylation sites is 1. The van der Waals surface area contributed by atoms with E-state index in [1.807, 2.05) is 48.7 Å². The zero-order valence-electron chi connectivity index (χ0n) is 26.3. The molecule has 2 atom stereocenters. The Morgan fingerprint density at radius 1 is 1.07 bits per heavy atom. The number of sulfone groups is 1. The standard InChI is InChI=1S/C34H44N4O5S2/c1-4-6-17-34(5-2)23-38(26-15-11-8-12-16-26)27-20-29(44-3)28(21-30(27)45(41,42)24-34)43-22-31(39)37-32(33(40)36-19-18-35)25-13-9-7-10-14-25/h7-16,20-21,32H,4-6,17-19,22-24,35H2,1-3H3,(H,36,40)(H,37,39). The van der Waals surface area contributed by atoms with Gasteiger partial charge in [-0.3, -0.25) is 9.59 Å². The van der Waals surface area contributed by atoms with E-state index in [1.54, 1.807) is 30.3 Å². The summed E-state index contributed by atoms with van der Waals surface area (Å²) in [5.41, 5.74) is 7.26. The highest BCUT2D eigenvalue weighted by atomic mass is 32.2. The van der Waals surface area contributed by atoms with Crippen molar-refractivity contribution in [2.24, 2.45) is 11.1 Å². The first-order valence-electron chi connectivity index (χ1n) is 15.4. The third-order valence-corrected chi connectivity index (χ3v) is 11.0. The predicted molar refractivity (Wildman–Crippen MR) is 181 cm³/mol. The first-order valence-corrected chi connectivity index (χ1v) is 18.3. The number of hydrogen-bond acceptors (Lipinski definition) is 8. The number of unbranched alkanes of at least 4 members (excludes halogenated alkanes) is 1. The van der Waals surface area contributed by atoms with Crippen LogP contribution >= 0.6 is 11.8 Å². The molecule has 0 spiro atoms. The zero-order chi connectivity index (χ0) is 32.5. The highest BCUT2D eigenvalue weighted by Gasteiger charge is 2.42. The van der Waals surface area contributed by atoms with E-state index in [-0.39, 0.29) is 29.6 Å². The van der Waals surface area contributed by atoms with Crippen LogP contribution < -0.4 is 26.0 Å². The average molecular weight is 653 g/mol. The normalized spacial score (nSPS) is 17.9. The molecule has 1 heterocycles. The molecule has 9 nitrogen and oxygen atoms in total. The Kier molecular flexibility index (Phi) is 11.9. The van der Waals surface area contributed by atoms with Crippen molar-refractivity contribution in [2.75, 3.05) is 43.1 Å². The summed E-state index contributed by atoms with van der Waals surface area (Å²) < 4.78 is 34.3. The Bertz CT molecular complexity index is 1550. The lowest BCUT2D eigenvalue weighted by Crippen LogP contribution is -2.43. The Hall–Kier alpha value is -3.54. The van der Waals surface area contributed by atoms with Crippen molar-refractivity contribution in [1.29, 1.82) is 0 Å². The van der Waals surface area contributed by atoms with Crippen molar-refractivity contribution >= 4 is 44.8 Å². The van der Waals surface area contributed by atoms with Crippen LogP contribution in [0.15, 0.2) is 82.6 Å². The molecule has 0 aromatic heterocycles. The summed E-state index contributed by atoms with van der Waals surface area (Å²) in [6, 6.07) is 21.3. The third kappa shape index (κ3) is 8.39. The fourth-order valence-corrected chi connectivity index (χ4v) is 8.46. The molecule has 3 aromatic carbocycles. The third-order valence-electron chi connectivity index (χ3n) is 8.24. The van der Waals surface area contributed by atoms with Crippen molar-refractivity contribution in [3.05, 3.63) is 78.4 Å². The molecule has 0 saturated carbocycles. The van der Waals surface area contributed by atoms with Crippen LogP contribution in [0, 0.1) is 5.41 Å². The van der Waals surface area contributed by atoms with Gasteiger partial charge in [-0.1, -0.05) is 75.2 Å². The molecular weight excluding hydrogens is 609 g/mol. The summed E-state index contributed by atoms with van der Waals surface area (Å²) in [6.45, 7) is 4.90. The molecular formula is C34H44N4O5S2. The molecule has 1 aliphatic rings. The lowest BCUT2D eigenvalue weighted by atomic mass is 9.81. The average Bonchev–Trinajstić information content (AvgIpc) is 3.16. The van der Waals surface area contributed by atoms with Crippen molar-refractivity contribution in [3.8, 4) is 5.75 Å². The second kappa shape index (κ2) is 15.6. The van der Waals surface area contributed by atoms with Gasteiger partial charge in [-0.05, 0) is 42.9 Å². The van der Waals surface area contributed by atoms with Crippen LogP contribution in [-0.2, 0) is 19.4 Å². The number of carbonyl (C=O) groups is 2. The molecule has 2 amide bonds. The van der Waals surface area contributed by atoms with E-state index in [2.05, 4.69) is 29.4 Å². The molecule has 2 unspecified atom stereocenters. The number of rotatable bonds is 14. The lowest BCUT2D eigenvalue weighted by Gasteiger charge is -2.36. The van der Waals surface area contributed by atoms with E-state index in [9.17, 15) is 18.0 Å². The molecule has 1 aliphatic heterocycles. The number of nitrogens with two attached hydrogens (primary N) is 1. The van der Waals surface area contributed by atoms with Crippen molar-refractivity contribution in [2.45, 2.75) is 55.4 Å². The van der Waals surface area contributed by atoms with E-state index < -0.39 is 33.8 Å². The van der Waals surface area contributed by atoms with Gasteiger partial charge in [0.05, 0.1) is 21.2 Å². The Balaban J connectivity index is 1.67. The molecule has 0 radical (unpaired) electrons. The molecule has 0 fully saturated rings. The first kappa shape index (κ1) is 34.3. The number of ether oxygens (including phenoxy) is 1. The van der Waals surface area contributed by atoms with E-state index in [0.717, 1.165) is 31.4 Å². The summed E-state index contributed by atoms with van der Waals surface area (Å²) >= 11 is 1.41. The molecule has 3 aromatic rings. The second-order valence-corrected chi connectivity index (χ2v) is 14.2. The van der Waals surface area contributed by atoms with E-state index >= 15 is 0 Å². The molecule has 4 N–H and O–H groups in total. The Morgan fingerprint density at radius 3 is 2.38 bits per heavy atom. The maximum absolute atomic E-state index is 14.1. The first-order chi connectivity index (χ1) is 21.7. The number of amides is 2. The van der Waals surface area contributed by atoms with Crippen LogP contribution in [0.5, 0.6) is 5.75 Å². The molecule has 11 heteroatoms. The summed E-state index contributed by atoms with van der Waals surface area (Å²) in [5, 5.41) is 5.48. The van der Waals surface area contributed by atoms with Gasteiger partial charge in [0.2, 0.25) is 5.91 Å². The SMILES string of the molecule is CCCCC1(CC)CN(c2ccccc2)c2cc(SC)c(OCC(=O)NC(C(=O)NCCN)c3ccccc3)cc2S(=O)(=O)C1. The number of anilines is 2. The van der Waals surface area contributed by atoms with Crippen LogP contribution in [0.2, 0.25) is 0 Å². The number of nitrogens with zero attached hydrogens (tertiary/aromatic N) is 1. The van der Waals surface area contributed by atoms with Crippen LogP contribution in [0.1, 0.15) is 51.1 Å². The van der Waals surface area contributed by atoms with Gasteiger partial charge in [0.15, 0.2) is 16.4 Å². The smallest absolute Gasteiger partial charge is 0.258 e. The maximum atomic E-state index is 14.1. The Morgan fingerprint density at radius 2 is 1.76 bits per heavy atom. The lowest BCUT2D eigenvalue weighted by molar-refractivity contribution is -0.130. The van der Waals surface area contributed by atoms with Crippen molar-refractivity contribution in [1.82, 2.24) is 10.6 Å². The monoisotopic (exact) mass is 652 g/mol. The molecule has 4 rings (SSSR count). The van der Waals surface area contributed by atoms with Gasteiger partial charge < -0.3 is 26.0 Å². The molecule has 0 saturated heterocycles. The fraction of sp³-hybridized carbons (Fsp3) is 0.412. The van der Waals surface area contributed by atoms with Gasteiger partial charge in [0, 0.05) is 36.8 Å². The van der Waals surface area contributed by atoms with E-state index in [4.69, 9.17) is 10.5 Å². The van der Waals surface area contributed by atoms with Gasteiger partial charge in [0.1, 0.15) is 11.8 Å². The summed E-state index contributed by atoms with van der Waals surface area (Å²) in [6.07, 6.45) is 5.34. The number of carbonyl (C=O) groups excluding carboxylic acids is 2. The highest BCUT2D eigenvalue weighted by molar-refractivity contribution is 7.98. The summed E-state index contributed by atoms with van der Waals surface area (Å²) in [7, 11) is -3.73. The van der Waals surface area contributed by atoms with E-state index in [0.29, 0.717) is 28.4 Å². The van der Waals surface area contributed by atoms with Crippen molar-refractivity contribution in [3.63, 3.8) is 0 Å². The molecule has 0 bridgehead atoms. The number of hydrogen-bond donors (Lipinski definition) is 3. The fourth-order valence-electron chi connectivity index (χ4n) is 5.73. The zero-order valence-corrected chi connectivity index (χ0v) is 27.9. The van der Waals surface area contributed by atoms with Crippen LogP contribution in [0.3, 0.4) is 0 Å². The number of thioether (sulfide) groups is 1. The van der Waals surface area contributed by atoms with Crippen molar-refractivity contribution < 1.29 is 22.7 Å². The topological polar surface area (TPSA) is 131 Å². The quantitative estimate of drug-likeness (QED) is 0.202.